The molecule has 0 aromatic carbocycles. The molecule has 148 valence electrons. The van der Waals surface area contributed by atoms with Gasteiger partial charge in [0, 0.05) is 44.8 Å². The van der Waals surface area contributed by atoms with Crippen LogP contribution in [0.15, 0.2) is 37.1 Å². The second-order valence-corrected chi connectivity index (χ2v) is 7.48. The van der Waals surface area contributed by atoms with Gasteiger partial charge >= 0.3 is 0 Å². The van der Waals surface area contributed by atoms with Gasteiger partial charge in [-0.15, -0.1) is 0 Å². The maximum Gasteiger partial charge on any atom is 0.274 e. The minimum absolute atomic E-state index is 0.0676. The van der Waals surface area contributed by atoms with Crippen molar-refractivity contribution in [3.63, 3.8) is 0 Å². The van der Waals surface area contributed by atoms with Gasteiger partial charge in [0.2, 0.25) is 0 Å². The lowest BCUT2D eigenvalue weighted by Crippen LogP contribution is -2.36. The summed E-state index contributed by atoms with van der Waals surface area (Å²) < 4.78 is 4.14. The number of likely N-dealkylation sites (tertiary alicyclic amines) is 1. The minimum Gasteiger partial charge on any atom is -0.337 e. The normalized spacial score (nSPS) is 14.7. The van der Waals surface area contributed by atoms with E-state index in [1.165, 1.54) is 6.42 Å². The van der Waals surface area contributed by atoms with E-state index in [0.29, 0.717) is 12.2 Å². The van der Waals surface area contributed by atoms with E-state index in [0.717, 1.165) is 62.3 Å². The molecule has 1 saturated heterocycles. The van der Waals surface area contributed by atoms with Crippen LogP contribution in [0.1, 0.15) is 47.4 Å². The van der Waals surface area contributed by atoms with Crippen molar-refractivity contribution in [3.05, 3.63) is 54.0 Å². The lowest BCUT2D eigenvalue weighted by Gasteiger charge is -2.26. The molecule has 0 radical (unpaired) electrons. The Morgan fingerprint density at radius 1 is 1.21 bits per heavy atom. The molecule has 1 N–H and O–H groups in total. The summed E-state index contributed by atoms with van der Waals surface area (Å²) in [4.78, 5) is 23.9. The lowest BCUT2D eigenvalue weighted by atomic mass is 10.1. The number of nitrogens with zero attached hydrogens (tertiary/aromatic N) is 5. The van der Waals surface area contributed by atoms with Crippen molar-refractivity contribution in [1.82, 2.24) is 29.2 Å². The van der Waals surface area contributed by atoms with E-state index in [1.807, 2.05) is 42.7 Å². The molecule has 1 aliphatic rings. The largest absolute Gasteiger partial charge is 0.337 e. The minimum atomic E-state index is 0.0676. The molecule has 3 aromatic heterocycles. The van der Waals surface area contributed by atoms with Crippen molar-refractivity contribution in [2.75, 3.05) is 19.6 Å². The maximum atomic E-state index is 13.2. The third kappa shape index (κ3) is 3.94. The van der Waals surface area contributed by atoms with Crippen LogP contribution in [0.25, 0.3) is 5.65 Å². The Bertz CT molecular complexity index is 924. The third-order valence-corrected chi connectivity index (χ3v) is 5.41. The molecule has 0 unspecified atom stereocenters. The molecule has 0 atom stereocenters. The average molecular weight is 380 g/mol. The molecule has 7 heteroatoms. The van der Waals surface area contributed by atoms with Crippen LogP contribution in [0.5, 0.6) is 0 Å². The number of carbonyl (C=O) groups is 1. The zero-order chi connectivity index (χ0) is 19.3. The number of carbonyl (C=O) groups excluding carboxylic acids is 1. The van der Waals surface area contributed by atoms with Crippen LogP contribution in [0.3, 0.4) is 0 Å². The number of nitrogens with one attached hydrogen (secondary N) is 1. The van der Waals surface area contributed by atoms with Crippen molar-refractivity contribution in [3.8, 4) is 0 Å². The van der Waals surface area contributed by atoms with Crippen molar-refractivity contribution < 1.29 is 4.79 Å². The fourth-order valence-corrected chi connectivity index (χ4v) is 3.85. The van der Waals surface area contributed by atoms with Gasteiger partial charge < -0.3 is 19.2 Å². The number of hydrogen-bond acceptors (Lipinski definition) is 4. The zero-order valence-corrected chi connectivity index (χ0v) is 16.5. The van der Waals surface area contributed by atoms with Crippen LogP contribution < -0.4 is 5.32 Å². The van der Waals surface area contributed by atoms with Gasteiger partial charge in [-0.3, -0.25) is 4.79 Å². The molecule has 0 aliphatic carbocycles. The first-order chi connectivity index (χ1) is 13.7. The Balaban J connectivity index is 1.49. The maximum absolute atomic E-state index is 13.2. The van der Waals surface area contributed by atoms with Gasteiger partial charge in [-0.25, -0.2) is 9.97 Å². The number of fused-ring (bicyclic) bond motifs is 1. The van der Waals surface area contributed by atoms with E-state index >= 15 is 0 Å². The fraction of sp³-hybridized carbons (Fsp3) is 0.476. The van der Waals surface area contributed by atoms with E-state index in [9.17, 15) is 4.79 Å². The molecule has 3 aromatic rings. The molecular weight excluding hydrogens is 352 g/mol. The van der Waals surface area contributed by atoms with Crippen molar-refractivity contribution in [2.45, 2.75) is 45.7 Å². The topological polar surface area (TPSA) is 67.5 Å². The van der Waals surface area contributed by atoms with E-state index in [-0.39, 0.29) is 5.91 Å². The van der Waals surface area contributed by atoms with Crippen LogP contribution >= 0.6 is 0 Å². The highest BCUT2D eigenvalue weighted by Crippen LogP contribution is 2.20. The Morgan fingerprint density at radius 3 is 2.86 bits per heavy atom. The van der Waals surface area contributed by atoms with Gasteiger partial charge in [0.05, 0.1) is 12.0 Å². The summed E-state index contributed by atoms with van der Waals surface area (Å²) >= 11 is 0. The molecule has 7 nitrogen and oxygen atoms in total. The number of aromatic nitrogens is 4. The van der Waals surface area contributed by atoms with Crippen LogP contribution in [-0.2, 0) is 13.1 Å². The Morgan fingerprint density at radius 2 is 2.07 bits per heavy atom. The SMILES string of the molecule is Cc1cccn2c(CNCCCn3ccnc3)c(C(=O)N3CCCCC3)nc12. The molecule has 4 heterocycles. The summed E-state index contributed by atoms with van der Waals surface area (Å²) in [7, 11) is 0. The van der Waals surface area contributed by atoms with Gasteiger partial charge in [0.15, 0.2) is 5.69 Å². The summed E-state index contributed by atoms with van der Waals surface area (Å²) in [5.41, 5.74) is 3.51. The van der Waals surface area contributed by atoms with Crippen molar-refractivity contribution in [2.24, 2.45) is 0 Å². The van der Waals surface area contributed by atoms with E-state index < -0.39 is 0 Å². The summed E-state index contributed by atoms with van der Waals surface area (Å²) in [6.07, 6.45) is 12.0. The van der Waals surface area contributed by atoms with Gasteiger partial charge in [-0.2, -0.15) is 0 Å². The smallest absolute Gasteiger partial charge is 0.274 e. The molecular formula is C21H28N6O. The molecule has 4 rings (SSSR count). The van der Waals surface area contributed by atoms with Gasteiger partial charge in [-0.1, -0.05) is 6.07 Å². The number of piperidine rings is 1. The fourth-order valence-electron chi connectivity index (χ4n) is 3.85. The number of amides is 1. The molecule has 1 amide bonds. The van der Waals surface area contributed by atoms with Crippen molar-refractivity contribution >= 4 is 11.6 Å². The molecule has 0 spiro atoms. The number of rotatable bonds is 7. The highest BCUT2D eigenvalue weighted by Gasteiger charge is 2.25. The van der Waals surface area contributed by atoms with Gasteiger partial charge in [-0.05, 0) is 50.8 Å². The van der Waals surface area contributed by atoms with E-state index in [1.54, 1.807) is 6.20 Å². The molecule has 1 aliphatic heterocycles. The van der Waals surface area contributed by atoms with Gasteiger partial charge in [0.1, 0.15) is 5.65 Å². The molecule has 0 saturated carbocycles. The summed E-state index contributed by atoms with van der Waals surface area (Å²) in [5, 5.41) is 3.49. The van der Waals surface area contributed by atoms with Gasteiger partial charge in [0.25, 0.3) is 5.91 Å². The van der Waals surface area contributed by atoms with Crippen molar-refractivity contribution in [1.29, 1.82) is 0 Å². The van der Waals surface area contributed by atoms with Crippen LogP contribution in [0.2, 0.25) is 0 Å². The van der Waals surface area contributed by atoms with E-state index in [4.69, 9.17) is 4.98 Å². The summed E-state index contributed by atoms with van der Waals surface area (Å²) in [6.45, 7) is 6.14. The molecule has 0 bridgehead atoms. The predicted molar refractivity (Wildman–Crippen MR) is 108 cm³/mol. The quantitative estimate of drug-likeness (QED) is 0.640. The molecule has 28 heavy (non-hydrogen) atoms. The number of aryl methyl sites for hydroxylation is 2. The highest BCUT2D eigenvalue weighted by molar-refractivity contribution is 5.94. The summed E-state index contributed by atoms with van der Waals surface area (Å²) in [6, 6.07) is 4.06. The van der Waals surface area contributed by atoms with Crippen LogP contribution in [0, 0.1) is 6.92 Å². The number of imidazole rings is 2. The van der Waals surface area contributed by atoms with Crippen LogP contribution in [-0.4, -0.2) is 49.4 Å². The predicted octanol–water partition coefficient (Wildman–Crippen LogP) is 2.65. The first-order valence-corrected chi connectivity index (χ1v) is 10.2. The Hall–Kier alpha value is -2.67. The van der Waals surface area contributed by atoms with E-state index in [2.05, 4.69) is 19.3 Å². The lowest BCUT2D eigenvalue weighted by molar-refractivity contribution is 0.0717. The monoisotopic (exact) mass is 380 g/mol. The Labute approximate surface area is 165 Å². The summed E-state index contributed by atoms with van der Waals surface area (Å²) in [5.74, 6) is 0.0676. The van der Waals surface area contributed by atoms with Crippen LogP contribution in [0.4, 0.5) is 0 Å². The third-order valence-electron chi connectivity index (χ3n) is 5.41. The second kappa shape index (κ2) is 8.56. The standard InChI is InChI=1S/C21H28N6O/c1-17-7-5-13-27-18(15-22-8-6-10-25-14-9-23-16-25)19(24-20(17)27)21(28)26-11-3-2-4-12-26/h5,7,9,13-14,16,22H,2-4,6,8,10-12,15H2,1H3. The average Bonchev–Trinajstić information content (AvgIpc) is 3.37. The Kier molecular flexibility index (Phi) is 5.71. The highest BCUT2D eigenvalue weighted by atomic mass is 16.2. The molecule has 1 fully saturated rings. The zero-order valence-electron chi connectivity index (χ0n) is 16.5. The number of hydrogen-bond donors (Lipinski definition) is 1. The second-order valence-electron chi connectivity index (χ2n) is 7.48. The number of pyridine rings is 1. The first-order valence-electron chi connectivity index (χ1n) is 10.2. The first kappa shape index (κ1) is 18.7.